The maximum atomic E-state index is 5.24. The molecule has 2 aromatic rings. The van der Waals surface area contributed by atoms with Crippen LogP contribution in [0.15, 0.2) is 30.9 Å². The van der Waals surface area contributed by atoms with Crippen LogP contribution < -0.4 is 9.47 Å². The monoisotopic (exact) mass is 205 g/mol. The van der Waals surface area contributed by atoms with Gasteiger partial charge in [-0.2, -0.15) is 5.10 Å². The summed E-state index contributed by atoms with van der Waals surface area (Å²) in [7, 11) is 3.22. The Bertz CT molecular complexity index is 440. The number of benzene rings is 1. The Morgan fingerprint density at radius 2 is 2.07 bits per heavy atom. The van der Waals surface area contributed by atoms with Crippen LogP contribution >= 0.6 is 0 Å². The van der Waals surface area contributed by atoms with E-state index in [1.54, 1.807) is 31.3 Å². The summed E-state index contributed by atoms with van der Waals surface area (Å²) in [6.07, 6.45) is 3.09. The summed E-state index contributed by atoms with van der Waals surface area (Å²) in [6, 6.07) is 5.52. The predicted molar refractivity (Wildman–Crippen MR) is 54.5 cm³/mol. The summed E-state index contributed by atoms with van der Waals surface area (Å²) in [5.41, 5.74) is 0.829. The summed E-state index contributed by atoms with van der Waals surface area (Å²) >= 11 is 0. The van der Waals surface area contributed by atoms with Gasteiger partial charge in [0, 0.05) is 6.07 Å². The molecule has 5 nitrogen and oxygen atoms in total. The molecule has 0 bridgehead atoms. The van der Waals surface area contributed by atoms with Crippen molar-refractivity contribution in [1.29, 1.82) is 0 Å². The van der Waals surface area contributed by atoms with Crippen molar-refractivity contribution >= 4 is 0 Å². The first-order valence-electron chi connectivity index (χ1n) is 4.42. The average Bonchev–Trinajstić information content (AvgIpc) is 2.81. The summed E-state index contributed by atoms with van der Waals surface area (Å²) in [6.45, 7) is 0. The zero-order valence-corrected chi connectivity index (χ0v) is 8.54. The molecule has 0 atom stereocenters. The van der Waals surface area contributed by atoms with Crippen molar-refractivity contribution in [2.24, 2.45) is 0 Å². The molecule has 1 aromatic heterocycles. The predicted octanol–water partition coefficient (Wildman–Crippen LogP) is 1.28. The molecule has 0 N–H and O–H groups in total. The molecule has 0 spiro atoms. The van der Waals surface area contributed by atoms with Crippen molar-refractivity contribution in [2.45, 2.75) is 0 Å². The van der Waals surface area contributed by atoms with Gasteiger partial charge in [-0.05, 0) is 12.1 Å². The van der Waals surface area contributed by atoms with Crippen molar-refractivity contribution in [1.82, 2.24) is 14.8 Å². The molecule has 0 aliphatic heterocycles. The zero-order chi connectivity index (χ0) is 10.7. The van der Waals surface area contributed by atoms with E-state index in [1.165, 1.54) is 6.33 Å². The van der Waals surface area contributed by atoms with Gasteiger partial charge in [0.25, 0.3) is 0 Å². The lowest BCUT2D eigenvalue weighted by molar-refractivity contribution is 0.392. The largest absolute Gasteiger partial charge is 0.497 e. The first-order chi connectivity index (χ1) is 7.35. The Kier molecular flexibility index (Phi) is 2.53. The Balaban J connectivity index is 2.48. The highest BCUT2D eigenvalue weighted by atomic mass is 16.5. The molecule has 0 aliphatic carbocycles. The number of aromatic nitrogens is 3. The second-order valence-electron chi connectivity index (χ2n) is 2.88. The van der Waals surface area contributed by atoms with Crippen molar-refractivity contribution < 1.29 is 9.47 Å². The van der Waals surface area contributed by atoms with E-state index in [4.69, 9.17) is 9.47 Å². The van der Waals surface area contributed by atoms with Crippen LogP contribution in [-0.2, 0) is 0 Å². The van der Waals surface area contributed by atoms with E-state index in [0.717, 1.165) is 11.4 Å². The van der Waals surface area contributed by atoms with Crippen LogP contribution in [0, 0.1) is 0 Å². The molecule has 1 aromatic carbocycles. The maximum absolute atomic E-state index is 5.24. The molecule has 2 rings (SSSR count). The highest BCUT2D eigenvalue weighted by molar-refractivity contribution is 5.50. The fourth-order valence-electron chi connectivity index (χ4n) is 1.31. The second kappa shape index (κ2) is 4.00. The van der Waals surface area contributed by atoms with Gasteiger partial charge in [-0.15, -0.1) is 0 Å². The van der Waals surface area contributed by atoms with Gasteiger partial charge in [-0.25, -0.2) is 9.67 Å². The third-order valence-electron chi connectivity index (χ3n) is 2.05. The van der Waals surface area contributed by atoms with Crippen LogP contribution in [0.1, 0.15) is 0 Å². The first-order valence-corrected chi connectivity index (χ1v) is 4.42. The molecule has 0 amide bonds. The normalized spacial score (nSPS) is 10.0. The number of methoxy groups -OCH3 is 2. The molecule has 78 valence electrons. The molecule has 5 heteroatoms. The van der Waals surface area contributed by atoms with Crippen LogP contribution in [0.3, 0.4) is 0 Å². The van der Waals surface area contributed by atoms with Crippen LogP contribution in [0.5, 0.6) is 11.5 Å². The standard InChI is InChI=1S/C10H11N3O2/c1-14-8-3-4-9(10(5-8)15-2)13-7-11-6-12-13/h3-7H,1-2H3. The average molecular weight is 205 g/mol. The maximum Gasteiger partial charge on any atom is 0.148 e. The lowest BCUT2D eigenvalue weighted by atomic mass is 10.3. The molecular formula is C10H11N3O2. The second-order valence-corrected chi connectivity index (χ2v) is 2.88. The summed E-state index contributed by atoms with van der Waals surface area (Å²) in [5.74, 6) is 1.44. The highest BCUT2D eigenvalue weighted by Crippen LogP contribution is 2.26. The third kappa shape index (κ3) is 1.76. The quantitative estimate of drug-likeness (QED) is 0.757. The lowest BCUT2D eigenvalue weighted by Crippen LogP contribution is -1.98. The van der Waals surface area contributed by atoms with E-state index in [0.29, 0.717) is 5.75 Å². The SMILES string of the molecule is COc1ccc(-n2cncn2)c(OC)c1. The zero-order valence-electron chi connectivity index (χ0n) is 8.54. The fraction of sp³-hybridized carbons (Fsp3) is 0.200. The topological polar surface area (TPSA) is 49.2 Å². The van der Waals surface area contributed by atoms with Gasteiger partial charge in [0.05, 0.1) is 14.2 Å². The van der Waals surface area contributed by atoms with Crippen molar-refractivity contribution in [3.63, 3.8) is 0 Å². The molecule has 0 unspecified atom stereocenters. The van der Waals surface area contributed by atoms with Gasteiger partial charge in [0.1, 0.15) is 29.8 Å². The molecule has 0 saturated heterocycles. The summed E-state index contributed by atoms with van der Waals surface area (Å²) < 4.78 is 12.0. The van der Waals surface area contributed by atoms with Crippen molar-refractivity contribution in [3.8, 4) is 17.2 Å². The summed E-state index contributed by atoms with van der Waals surface area (Å²) in [4.78, 5) is 3.88. The Morgan fingerprint density at radius 1 is 1.20 bits per heavy atom. The van der Waals surface area contributed by atoms with Crippen LogP contribution in [0.2, 0.25) is 0 Å². The minimum absolute atomic E-state index is 0.694. The number of ether oxygens (including phenoxy) is 2. The van der Waals surface area contributed by atoms with Gasteiger partial charge in [0.15, 0.2) is 0 Å². The third-order valence-corrected chi connectivity index (χ3v) is 2.05. The van der Waals surface area contributed by atoms with E-state index in [-0.39, 0.29) is 0 Å². The van der Waals surface area contributed by atoms with Crippen molar-refractivity contribution in [3.05, 3.63) is 30.9 Å². The minimum Gasteiger partial charge on any atom is -0.497 e. The molecule has 0 saturated carbocycles. The summed E-state index contributed by atoms with van der Waals surface area (Å²) in [5, 5.41) is 4.04. The van der Waals surface area contributed by atoms with Gasteiger partial charge >= 0.3 is 0 Å². The molecule has 0 aliphatic rings. The van der Waals surface area contributed by atoms with Gasteiger partial charge in [-0.3, -0.25) is 0 Å². The molecule has 0 fully saturated rings. The fourth-order valence-corrected chi connectivity index (χ4v) is 1.31. The first kappa shape index (κ1) is 9.51. The van der Waals surface area contributed by atoms with E-state index >= 15 is 0 Å². The number of nitrogens with zero attached hydrogens (tertiary/aromatic N) is 3. The van der Waals surface area contributed by atoms with E-state index in [2.05, 4.69) is 10.1 Å². The lowest BCUT2D eigenvalue weighted by Gasteiger charge is -2.09. The smallest absolute Gasteiger partial charge is 0.148 e. The minimum atomic E-state index is 0.694. The van der Waals surface area contributed by atoms with Crippen LogP contribution in [0.4, 0.5) is 0 Å². The number of hydrogen-bond donors (Lipinski definition) is 0. The van der Waals surface area contributed by atoms with E-state index < -0.39 is 0 Å². The number of hydrogen-bond acceptors (Lipinski definition) is 4. The Labute approximate surface area is 87.3 Å². The van der Waals surface area contributed by atoms with E-state index in [9.17, 15) is 0 Å². The van der Waals surface area contributed by atoms with Crippen LogP contribution in [0.25, 0.3) is 5.69 Å². The molecule has 0 radical (unpaired) electrons. The molecular weight excluding hydrogens is 194 g/mol. The van der Waals surface area contributed by atoms with Crippen LogP contribution in [-0.4, -0.2) is 29.0 Å². The van der Waals surface area contributed by atoms with Gasteiger partial charge in [-0.1, -0.05) is 0 Å². The Morgan fingerprint density at radius 3 is 2.67 bits per heavy atom. The molecule has 1 heterocycles. The highest BCUT2D eigenvalue weighted by Gasteiger charge is 2.06. The van der Waals surface area contributed by atoms with Gasteiger partial charge in [0.2, 0.25) is 0 Å². The van der Waals surface area contributed by atoms with Crippen molar-refractivity contribution in [2.75, 3.05) is 14.2 Å². The molecule has 15 heavy (non-hydrogen) atoms. The van der Waals surface area contributed by atoms with E-state index in [1.807, 2.05) is 12.1 Å². The van der Waals surface area contributed by atoms with Gasteiger partial charge < -0.3 is 9.47 Å². The Hall–Kier alpha value is -2.04. The number of rotatable bonds is 3.